The fraction of sp³-hybridized carbons (Fsp3) is 0.235. The van der Waals surface area contributed by atoms with Gasteiger partial charge >= 0.3 is 0 Å². The summed E-state index contributed by atoms with van der Waals surface area (Å²) in [5.41, 5.74) is 1.60. The first-order chi connectivity index (χ1) is 11.6. The monoisotopic (exact) mass is 425 g/mol. The molecule has 0 aromatic heterocycles. The zero-order chi connectivity index (χ0) is 18.8. The van der Waals surface area contributed by atoms with Gasteiger partial charge in [-0.3, -0.25) is 4.79 Å². The molecule has 134 valence electrons. The van der Waals surface area contributed by atoms with Gasteiger partial charge in [0.25, 0.3) is 5.91 Å². The van der Waals surface area contributed by atoms with Crippen molar-refractivity contribution in [3.63, 3.8) is 0 Å². The third-order valence-electron chi connectivity index (χ3n) is 3.60. The number of nitrogens with zero attached hydrogens (tertiary/aromatic N) is 2. The molecule has 0 atom stereocenters. The number of sulfonamides is 1. The Kier molecular flexibility index (Phi) is 5.87. The molecular formula is C17H20BrN3O3S. The van der Waals surface area contributed by atoms with Crippen molar-refractivity contribution in [2.45, 2.75) is 4.90 Å². The van der Waals surface area contributed by atoms with Gasteiger partial charge in [0.05, 0.1) is 21.8 Å². The lowest BCUT2D eigenvalue weighted by Gasteiger charge is -2.20. The van der Waals surface area contributed by atoms with Crippen molar-refractivity contribution in [2.24, 2.45) is 0 Å². The summed E-state index contributed by atoms with van der Waals surface area (Å²) < 4.78 is 26.5. The largest absolute Gasteiger partial charge is 0.376 e. The lowest BCUT2D eigenvalue weighted by Crippen LogP contribution is -2.23. The highest BCUT2D eigenvalue weighted by Gasteiger charge is 2.20. The van der Waals surface area contributed by atoms with E-state index in [1.807, 2.05) is 25.1 Å². The highest BCUT2D eigenvalue weighted by Crippen LogP contribution is 2.29. The highest BCUT2D eigenvalue weighted by molar-refractivity contribution is 9.10. The van der Waals surface area contributed by atoms with Crippen molar-refractivity contribution >= 4 is 43.2 Å². The van der Waals surface area contributed by atoms with Gasteiger partial charge in [-0.2, -0.15) is 0 Å². The Bertz CT molecular complexity index is 896. The first-order valence-corrected chi connectivity index (χ1v) is 9.67. The van der Waals surface area contributed by atoms with Crippen LogP contribution in [0.25, 0.3) is 0 Å². The van der Waals surface area contributed by atoms with Gasteiger partial charge in [0.2, 0.25) is 10.0 Å². The number of nitrogens with one attached hydrogen (secondary N) is 1. The molecule has 0 saturated carbocycles. The second-order valence-corrected chi connectivity index (χ2v) is 8.80. The number of rotatable bonds is 5. The van der Waals surface area contributed by atoms with E-state index in [1.54, 1.807) is 24.3 Å². The van der Waals surface area contributed by atoms with E-state index in [9.17, 15) is 13.2 Å². The number of amides is 1. The summed E-state index contributed by atoms with van der Waals surface area (Å²) in [7, 11) is 2.98. The quantitative estimate of drug-likeness (QED) is 0.798. The SMILES string of the molecule is CN(C)c1ccc(S(=O)(=O)N(C)C)cc1NC(=O)c1ccccc1Br. The summed E-state index contributed by atoms with van der Waals surface area (Å²) in [6.07, 6.45) is 0. The molecule has 0 saturated heterocycles. The second-order valence-electron chi connectivity index (χ2n) is 5.79. The molecule has 0 spiro atoms. The van der Waals surface area contributed by atoms with Crippen molar-refractivity contribution in [1.29, 1.82) is 0 Å². The number of hydrogen-bond donors (Lipinski definition) is 1. The normalized spacial score (nSPS) is 11.4. The van der Waals surface area contributed by atoms with E-state index in [4.69, 9.17) is 0 Å². The molecule has 2 rings (SSSR count). The molecule has 0 radical (unpaired) electrons. The Hall–Kier alpha value is -1.90. The van der Waals surface area contributed by atoms with Gasteiger partial charge in [0.1, 0.15) is 0 Å². The molecule has 0 unspecified atom stereocenters. The minimum absolute atomic E-state index is 0.116. The van der Waals surface area contributed by atoms with E-state index < -0.39 is 10.0 Å². The van der Waals surface area contributed by atoms with E-state index in [2.05, 4.69) is 21.2 Å². The number of halogens is 1. The Morgan fingerprint density at radius 3 is 2.24 bits per heavy atom. The van der Waals surface area contributed by atoms with Crippen LogP contribution in [0.3, 0.4) is 0 Å². The van der Waals surface area contributed by atoms with Gasteiger partial charge in [-0.15, -0.1) is 0 Å². The predicted molar refractivity (Wildman–Crippen MR) is 104 cm³/mol. The Morgan fingerprint density at radius 1 is 1.04 bits per heavy atom. The molecule has 0 heterocycles. The minimum atomic E-state index is -3.60. The van der Waals surface area contributed by atoms with Crippen molar-refractivity contribution in [3.05, 3.63) is 52.5 Å². The highest BCUT2D eigenvalue weighted by atomic mass is 79.9. The van der Waals surface area contributed by atoms with Crippen molar-refractivity contribution in [3.8, 4) is 0 Å². The van der Waals surface area contributed by atoms with Gasteiger partial charge in [0.15, 0.2) is 0 Å². The van der Waals surface area contributed by atoms with Crippen LogP contribution in [0, 0.1) is 0 Å². The standard InChI is InChI=1S/C17H20BrN3O3S/c1-20(2)16-10-9-12(25(23,24)21(3)4)11-15(16)19-17(22)13-7-5-6-8-14(13)18/h5-11H,1-4H3,(H,19,22). The van der Waals surface area contributed by atoms with Crippen LogP contribution in [0.2, 0.25) is 0 Å². The molecule has 0 fully saturated rings. The molecule has 6 nitrogen and oxygen atoms in total. The van der Waals surface area contributed by atoms with Crippen molar-refractivity contribution in [2.75, 3.05) is 38.4 Å². The molecule has 0 aliphatic heterocycles. The maximum Gasteiger partial charge on any atom is 0.256 e. The smallest absolute Gasteiger partial charge is 0.256 e. The summed E-state index contributed by atoms with van der Waals surface area (Å²) in [4.78, 5) is 14.5. The first-order valence-electron chi connectivity index (χ1n) is 7.44. The second kappa shape index (κ2) is 7.55. The Balaban J connectivity index is 2.48. The van der Waals surface area contributed by atoms with Crippen LogP contribution in [0.5, 0.6) is 0 Å². The summed E-state index contributed by atoms with van der Waals surface area (Å²) in [6, 6.07) is 11.7. The van der Waals surface area contributed by atoms with Crippen LogP contribution in [-0.2, 0) is 10.0 Å². The molecule has 1 N–H and O–H groups in total. The van der Waals surface area contributed by atoms with Crippen LogP contribution in [0.1, 0.15) is 10.4 Å². The number of hydrogen-bond acceptors (Lipinski definition) is 4. The zero-order valence-corrected chi connectivity index (χ0v) is 16.8. The van der Waals surface area contributed by atoms with Gasteiger partial charge in [-0.1, -0.05) is 12.1 Å². The molecule has 8 heteroatoms. The van der Waals surface area contributed by atoms with Crippen LogP contribution in [0.4, 0.5) is 11.4 Å². The molecular weight excluding hydrogens is 406 g/mol. The lowest BCUT2D eigenvalue weighted by molar-refractivity contribution is 0.102. The predicted octanol–water partition coefficient (Wildman–Crippen LogP) is 3.02. The van der Waals surface area contributed by atoms with Gasteiger partial charge in [-0.05, 0) is 46.3 Å². The molecule has 0 bridgehead atoms. The fourth-order valence-corrected chi connectivity index (χ4v) is 3.60. The summed E-state index contributed by atoms with van der Waals surface area (Å²) >= 11 is 3.35. The van der Waals surface area contributed by atoms with E-state index >= 15 is 0 Å². The molecule has 25 heavy (non-hydrogen) atoms. The summed E-state index contributed by atoms with van der Waals surface area (Å²) in [6.45, 7) is 0. The molecule has 1 amide bonds. The number of benzene rings is 2. The van der Waals surface area contributed by atoms with Gasteiger partial charge in [-0.25, -0.2) is 12.7 Å². The fourth-order valence-electron chi connectivity index (χ4n) is 2.21. The average Bonchev–Trinajstić information content (AvgIpc) is 2.54. The zero-order valence-electron chi connectivity index (χ0n) is 14.4. The van der Waals surface area contributed by atoms with E-state index in [0.717, 1.165) is 4.31 Å². The van der Waals surface area contributed by atoms with Crippen LogP contribution in [0.15, 0.2) is 51.8 Å². The summed E-state index contributed by atoms with van der Waals surface area (Å²) in [5.74, 6) is -0.324. The van der Waals surface area contributed by atoms with Crippen molar-refractivity contribution in [1.82, 2.24) is 4.31 Å². The molecule has 2 aromatic rings. The van der Waals surface area contributed by atoms with Crippen LogP contribution in [-0.4, -0.2) is 46.8 Å². The molecule has 0 aliphatic carbocycles. The minimum Gasteiger partial charge on any atom is -0.376 e. The third kappa shape index (κ3) is 4.20. The third-order valence-corrected chi connectivity index (χ3v) is 6.10. The average molecular weight is 426 g/mol. The molecule has 0 aliphatic rings. The molecule has 2 aromatic carbocycles. The Labute approximate surface area is 156 Å². The van der Waals surface area contributed by atoms with E-state index in [0.29, 0.717) is 21.4 Å². The summed E-state index contributed by atoms with van der Waals surface area (Å²) in [5, 5.41) is 2.81. The maximum absolute atomic E-state index is 12.6. The van der Waals surface area contributed by atoms with Crippen molar-refractivity contribution < 1.29 is 13.2 Å². The van der Waals surface area contributed by atoms with Crippen LogP contribution < -0.4 is 10.2 Å². The van der Waals surface area contributed by atoms with Gasteiger partial charge in [0, 0.05) is 32.7 Å². The number of anilines is 2. The topological polar surface area (TPSA) is 69.7 Å². The Morgan fingerprint density at radius 2 is 1.68 bits per heavy atom. The lowest BCUT2D eigenvalue weighted by atomic mass is 10.2. The number of carbonyl (C=O) groups is 1. The number of carbonyl (C=O) groups excluding carboxylic acids is 1. The maximum atomic E-state index is 12.6. The van der Waals surface area contributed by atoms with E-state index in [-0.39, 0.29) is 10.8 Å². The van der Waals surface area contributed by atoms with Crippen LogP contribution >= 0.6 is 15.9 Å². The van der Waals surface area contributed by atoms with E-state index in [1.165, 1.54) is 26.2 Å². The van der Waals surface area contributed by atoms with Gasteiger partial charge < -0.3 is 10.2 Å². The first kappa shape index (κ1) is 19.4.